The maximum absolute atomic E-state index is 12.2. The summed E-state index contributed by atoms with van der Waals surface area (Å²) < 4.78 is 27.5. The lowest BCUT2D eigenvalue weighted by Gasteiger charge is -2.09. The zero-order chi connectivity index (χ0) is 14.0. The summed E-state index contributed by atoms with van der Waals surface area (Å²) in [4.78, 5) is 3.58. The van der Waals surface area contributed by atoms with Gasteiger partial charge in [-0.05, 0) is 30.3 Å². The Bertz CT molecular complexity index is 722. The fourth-order valence-corrected chi connectivity index (χ4v) is 3.47. The standard InChI is InChI=1S/C11H7BrCl2N2O2S/c12-7-2-1-3-8(6-7)16-19(17,18)9-4-5-10(13)15-11(9)14/h1-6,16H. The van der Waals surface area contributed by atoms with Gasteiger partial charge in [-0.3, -0.25) is 4.72 Å². The molecule has 0 unspecified atom stereocenters. The Labute approximate surface area is 128 Å². The number of aromatic nitrogens is 1. The van der Waals surface area contributed by atoms with Gasteiger partial charge in [0.05, 0.1) is 0 Å². The summed E-state index contributed by atoms with van der Waals surface area (Å²) in [6.07, 6.45) is 0. The van der Waals surface area contributed by atoms with Crippen LogP contribution in [-0.4, -0.2) is 13.4 Å². The molecule has 0 fully saturated rings. The van der Waals surface area contributed by atoms with Crippen molar-refractivity contribution in [1.82, 2.24) is 4.98 Å². The summed E-state index contributed by atoms with van der Waals surface area (Å²) in [6, 6.07) is 9.42. The van der Waals surface area contributed by atoms with Crippen LogP contribution in [0.2, 0.25) is 10.3 Å². The van der Waals surface area contributed by atoms with E-state index in [1.807, 2.05) is 0 Å². The van der Waals surface area contributed by atoms with Gasteiger partial charge in [-0.1, -0.05) is 45.2 Å². The number of hydrogen-bond acceptors (Lipinski definition) is 3. The highest BCUT2D eigenvalue weighted by Crippen LogP contribution is 2.24. The van der Waals surface area contributed by atoms with Gasteiger partial charge in [-0.15, -0.1) is 0 Å². The molecule has 2 rings (SSSR count). The van der Waals surface area contributed by atoms with Crippen molar-refractivity contribution in [2.45, 2.75) is 4.90 Å². The third-order valence-corrected chi connectivity index (χ3v) is 4.66. The van der Waals surface area contributed by atoms with Crippen molar-refractivity contribution in [3.8, 4) is 0 Å². The second-order valence-electron chi connectivity index (χ2n) is 3.54. The van der Waals surface area contributed by atoms with Crippen LogP contribution in [-0.2, 0) is 10.0 Å². The van der Waals surface area contributed by atoms with E-state index in [0.29, 0.717) is 5.69 Å². The van der Waals surface area contributed by atoms with Crippen LogP contribution in [0.5, 0.6) is 0 Å². The van der Waals surface area contributed by atoms with Gasteiger partial charge in [0.1, 0.15) is 10.0 Å². The third kappa shape index (κ3) is 3.60. The van der Waals surface area contributed by atoms with E-state index in [1.165, 1.54) is 12.1 Å². The number of hydrogen-bond donors (Lipinski definition) is 1. The number of benzene rings is 1. The molecule has 0 bridgehead atoms. The van der Waals surface area contributed by atoms with Gasteiger partial charge in [0.2, 0.25) is 0 Å². The zero-order valence-corrected chi connectivity index (χ0v) is 13.2. The van der Waals surface area contributed by atoms with Crippen LogP contribution in [0, 0.1) is 0 Å². The van der Waals surface area contributed by atoms with Crippen LogP contribution in [0.15, 0.2) is 45.8 Å². The van der Waals surface area contributed by atoms with E-state index in [2.05, 4.69) is 25.6 Å². The minimum absolute atomic E-state index is 0.126. The fraction of sp³-hybridized carbons (Fsp3) is 0. The summed E-state index contributed by atoms with van der Waals surface area (Å²) in [6.45, 7) is 0. The molecule has 0 radical (unpaired) electrons. The van der Waals surface area contributed by atoms with E-state index < -0.39 is 10.0 Å². The summed E-state index contributed by atoms with van der Waals surface area (Å²) in [5.41, 5.74) is 0.417. The highest BCUT2D eigenvalue weighted by atomic mass is 79.9. The second-order valence-corrected chi connectivity index (χ2v) is 6.85. The molecular weight excluding hydrogens is 375 g/mol. The average molecular weight is 382 g/mol. The normalized spacial score (nSPS) is 11.3. The largest absolute Gasteiger partial charge is 0.279 e. The van der Waals surface area contributed by atoms with Gasteiger partial charge in [0.25, 0.3) is 10.0 Å². The van der Waals surface area contributed by atoms with Gasteiger partial charge in [0, 0.05) is 10.2 Å². The van der Waals surface area contributed by atoms with E-state index in [-0.39, 0.29) is 15.2 Å². The number of sulfonamides is 1. The molecule has 0 atom stereocenters. The average Bonchev–Trinajstić information content (AvgIpc) is 2.27. The molecule has 100 valence electrons. The predicted molar refractivity (Wildman–Crippen MR) is 79.2 cm³/mol. The van der Waals surface area contributed by atoms with Gasteiger partial charge < -0.3 is 0 Å². The number of pyridine rings is 1. The highest BCUT2D eigenvalue weighted by Gasteiger charge is 2.19. The first-order valence-electron chi connectivity index (χ1n) is 4.99. The second kappa shape index (κ2) is 5.66. The number of anilines is 1. The van der Waals surface area contributed by atoms with E-state index in [4.69, 9.17) is 23.2 Å². The third-order valence-electron chi connectivity index (χ3n) is 2.15. The molecule has 0 amide bonds. The summed E-state index contributed by atoms with van der Waals surface area (Å²) in [5, 5.41) is -0.0404. The first-order chi connectivity index (χ1) is 8.88. The first kappa shape index (κ1) is 14.6. The topological polar surface area (TPSA) is 59.1 Å². The molecule has 1 aromatic heterocycles. The summed E-state index contributed by atoms with van der Waals surface area (Å²) in [5.74, 6) is 0. The Morgan fingerprint density at radius 1 is 1.16 bits per heavy atom. The molecule has 1 aromatic carbocycles. The summed E-state index contributed by atoms with van der Waals surface area (Å²) >= 11 is 14.7. The molecular formula is C11H7BrCl2N2O2S. The molecule has 0 aliphatic heterocycles. The molecule has 0 spiro atoms. The Kier molecular flexibility index (Phi) is 4.35. The zero-order valence-electron chi connectivity index (χ0n) is 9.27. The first-order valence-corrected chi connectivity index (χ1v) is 8.02. The fourth-order valence-electron chi connectivity index (χ4n) is 1.36. The van der Waals surface area contributed by atoms with Crippen molar-refractivity contribution in [1.29, 1.82) is 0 Å². The molecule has 0 aliphatic carbocycles. The predicted octanol–water partition coefficient (Wildman–Crippen LogP) is 3.95. The van der Waals surface area contributed by atoms with Crippen LogP contribution in [0.25, 0.3) is 0 Å². The maximum Gasteiger partial charge on any atom is 0.264 e. The number of nitrogens with zero attached hydrogens (tertiary/aromatic N) is 1. The Morgan fingerprint density at radius 3 is 2.53 bits per heavy atom. The van der Waals surface area contributed by atoms with Crippen LogP contribution in [0.4, 0.5) is 5.69 Å². The van der Waals surface area contributed by atoms with Crippen LogP contribution >= 0.6 is 39.1 Å². The molecule has 0 saturated carbocycles. The van der Waals surface area contributed by atoms with Crippen molar-refractivity contribution in [3.63, 3.8) is 0 Å². The maximum atomic E-state index is 12.2. The molecule has 0 saturated heterocycles. The van der Waals surface area contributed by atoms with E-state index in [9.17, 15) is 8.42 Å². The quantitative estimate of drug-likeness (QED) is 0.818. The minimum Gasteiger partial charge on any atom is -0.279 e. The molecule has 19 heavy (non-hydrogen) atoms. The van der Waals surface area contributed by atoms with Gasteiger partial charge >= 0.3 is 0 Å². The molecule has 8 heteroatoms. The minimum atomic E-state index is -3.80. The van der Waals surface area contributed by atoms with Crippen LogP contribution < -0.4 is 4.72 Å². The lowest BCUT2D eigenvalue weighted by atomic mass is 10.3. The monoisotopic (exact) mass is 380 g/mol. The van der Waals surface area contributed by atoms with Gasteiger partial charge in [-0.25, -0.2) is 13.4 Å². The lowest BCUT2D eigenvalue weighted by Crippen LogP contribution is -2.13. The Balaban J connectivity index is 2.38. The van der Waals surface area contributed by atoms with Crippen molar-refractivity contribution in [2.24, 2.45) is 0 Å². The van der Waals surface area contributed by atoms with Crippen LogP contribution in [0.3, 0.4) is 0 Å². The van der Waals surface area contributed by atoms with Crippen molar-refractivity contribution >= 4 is 54.8 Å². The van der Waals surface area contributed by atoms with Crippen molar-refractivity contribution in [2.75, 3.05) is 4.72 Å². The molecule has 1 heterocycles. The van der Waals surface area contributed by atoms with E-state index >= 15 is 0 Å². The SMILES string of the molecule is O=S(=O)(Nc1cccc(Br)c1)c1ccc(Cl)nc1Cl. The molecule has 1 N–H and O–H groups in total. The molecule has 4 nitrogen and oxygen atoms in total. The molecule has 2 aromatic rings. The highest BCUT2D eigenvalue weighted by molar-refractivity contribution is 9.10. The van der Waals surface area contributed by atoms with E-state index in [0.717, 1.165) is 4.47 Å². The van der Waals surface area contributed by atoms with E-state index in [1.54, 1.807) is 24.3 Å². The number of rotatable bonds is 3. The van der Waals surface area contributed by atoms with Crippen molar-refractivity contribution < 1.29 is 8.42 Å². The summed E-state index contributed by atoms with van der Waals surface area (Å²) in [7, 11) is -3.80. The van der Waals surface area contributed by atoms with Gasteiger partial charge in [0.15, 0.2) is 5.15 Å². The number of nitrogens with one attached hydrogen (secondary N) is 1. The Morgan fingerprint density at radius 2 is 1.89 bits per heavy atom. The number of halogens is 3. The van der Waals surface area contributed by atoms with Crippen LogP contribution in [0.1, 0.15) is 0 Å². The lowest BCUT2D eigenvalue weighted by molar-refractivity contribution is 0.601. The van der Waals surface area contributed by atoms with Crippen molar-refractivity contribution in [3.05, 3.63) is 51.2 Å². The van der Waals surface area contributed by atoms with Gasteiger partial charge in [-0.2, -0.15) is 0 Å². The Hall–Kier alpha value is -0.820. The molecule has 0 aliphatic rings. The smallest absolute Gasteiger partial charge is 0.264 e.